The van der Waals surface area contributed by atoms with E-state index in [1.54, 1.807) is 38.5 Å². The van der Waals surface area contributed by atoms with Gasteiger partial charge in [0.2, 0.25) is 10.9 Å². The molecule has 0 N–H and O–H groups in total. The molecule has 3 heterocycles. The number of carbonyl (C=O) groups is 1. The average molecular weight is 492 g/mol. The minimum absolute atomic E-state index is 0.0201. The number of ether oxygens (including phenoxy) is 2. The van der Waals surface area contributed by atoms with Crippen LogP contribution in [-0.4, -0.2) is 30.3 Å². The topological polar surface area (TPSA) is 94.8 Å². The fourth-order valence-corrected chi connectivity index (χ4v) is 5.47. The molecule has 0 saturated carbocycles. The van der Waals surface area contributed by atoms with Crippen molar-refractivity contribution >= 4 is 33.3 Å². The van der Waals surface area contributed by atoms with Gasteiger partial charge in [0.1, 0.15) is 10.6 Å². The number of aryl methyl sites for hydroxylation is 1. The predicted molar refractivity (Wildman–Crippen MR) is 134 cm³/mol. The van der Waals surface area contributed by atoms with E-state index >= 15 is 0 Å². The van der Waals surface area contributed by atoms with Crippen molar-refractivity contribution in [1.29, 1.82) is 0 Å². The Morgan fingerprint density at radius 3 is 2.54 bits per heavy atom. The van der Waals surface area contributed by atoms with Crippen molar-refractivity contribution in [2.24, 2.45) is 5.92 Å². The molecular weight excluding hydrogens is 466 g/mol. The largest absolute Gasteiger partial charge is 0.493 e. The molecule has 0 bridgehead atoms. The van der Waals surface area contributed by atoms with E-state index in [4.69, 9.17) is 13.9 Å². The summed E-state index contributed by atoms with van der Waals surface area (Å²) >= 11 is 1.34. The van der Waals surface area contributed by atoms with Crippen molar-refractivity contribution in [3.8, 4) is 11.5 Å². The third-order valence-corrected chi connectivity index (χ3v) is 6.94. The van der Waals surface area contributed by atoms with Crippen LogP contribution in [0.25, 0.3) is 11.0 Å². The first kappa shape index (κ1) is 23.0. The summed E-state index contributed by atoms with van der Waals surface area (Å²) < 4.78 is 16.9. The van der Waals surface area contributed by atoms with Crippen LogP contribution in [0.1, 0.15) is 52.1 Å². The zero-order valence-corrected chi connectivity index (χ0v) is 20.9. The molecule has 2 aromatic carbocycles. The number of benzene rings is 2. The van der Waals surface area contributed by atoms with Crippen molar-refractivity contribution in [3.63, 3.8) is 0 Å². The number of methoxy groups -OCH3 is 2. The predicted octanol–water partition coefficient (Wildman–Crippen LogP) is 4.92. The van der Waals surface area contributed by atoms with Crippen molar-refractivity contribution in [3.05, 3.63) is 74.1 Å². The Labute approximate surface area is 206 Å². The fourth-order valence-electron chi connectivity index (χ4n) is 4.40. The maximum absolute atomic E-state index is 13.8. The lowest BCUT2D eigenvalue weighted by Crippen LogP contribution is -2.29. The number of amides is 1. The molecule has 0 aliphatic carbocycles. The van der Waals surface area contributed by atoms with Crippen LogP contribution in [-0.2, 0) is 6.42 Å². The van der Waals surface area contributed by atoms with Crippen molar-refractivity contribution in [2.45, 2.75) is 33.2 Å². The highest BCUT2D eigenvalue weighted by Gasteiger charge is 2.45. The second-order valence-corrected chi connectivity index (χ2v) is 9.98. The molecule has 5 rings (SSSR count). The zero-order chi connectivity index (χ0) is 24.9. The number of hydrogen-bond donors (Lipinski definition) is 0. The van der Waals surface area contributed by atoms with E-state index in [0.29, 0.717) is 39.1 Å². The summed E-state index contributed by atoms with van der Waals surface area (Å²) in [6.45, 7) is 6.11. The Morgan fingerprint density at radius 2 is 1.83 bits per heavy atom. The highest BCUT2D eigenvalue weighted by atomic mass is 32.1. The SMILES string of the molecule is COc1ccc([C@H]2c3c(oc4ccc(C)cc4c3=O)C(=O)N2c2nnc(CC(C)C)s2)cc1OC. The normalized spacial score (nSPS) is 15.2. The lowest BCUT2D eigenvalue weighted by atomic mass is 9.98. The van der Waals surface area contributed by atoms with Gasteiger partial charge in [0, 0.05) is 6.42 Å². The maximum Gasteiger partial charge on any atom is 0.297 e. The second kappa shape index (κ2) is 8.81. The van der Waals surface area contributed by atoms with E-state index in [1.807, 2.05) is 19.1 Å². The van der Waals surface area contributed by atoms with Gasteiger partial charge in [-0.05, 0) is 42.7 Å². The van der Waals surface area contributed by atoms with Gasteiger partial charge in [0.25, 0.3) is 5.91 Å². The molecule has 180 valence electrons. The molecule has 1 amide bonds. The summed E-state index contributed by atoms with van der Waals surface area (Å²) in [4.78, 5) is 29.0. The molecule has 0 unspecified atom stereocenters. The minimum Gasteiger partial charge on any atom is -0.493 e. The highest BCUT2D eigenvalue weighted by Crippen LogP contribution is 2.44. The molecule has 0 fully saturated rings. The van der Waals surface area contributed by atoms with Crippen molar-refractivity contribution in [2.75, 3.05) is 19.1 Å². The van der Waals surface area contributed by atoms with E-state index in [0.717, 1.165) is 17.0 Å². The first-order chi connectivity index (χ1) is 16.8. The van der Waals surface area contributed by atoms with Crippen LogP contribution in [0, 0.1) is 12.8 Å². The summed E-state index contributed by atoms with van der Waals surface area (Å²) in [7, 11) is 3.10. The standard InChI is InChI=1S/C26H25N3O5S/c1-13(2)10-20-27-28-26(35-20)29-22(15-7-9-18(32-4)19(12-15)33-5)21-23(30)16-11-14(3)6-8-17(16)34-24(21)25(29)31/h6-9,11-13,22H,10H2,1-5H3/t22-/m0/s1. The van der Waals surface area contributed by atoms with Crippen LogP contribution in [0.3, 0.4) is 0 Å². The van der Waals surface area contributed by atoms with Crippen molar-refractivity contribution in [1.82, 2.24) is 10.2 Å². The Bertz CT molecular complexity index is 1510. The van der Waals surface area contributed by atoms with E-state index in [2.05, 4.69) is 24.0 Å². The molecule has 1 aliphatic heterocycles. The quantitative estimate of drug-likeness (QED) is 0.378. The summed E-state index contributed by atoms with van der Waals surface area (Å²) in [6, 6.07) is 9.95. The van der Waals surface area contributed by atoms with Crippen LogP contribution in [0.4, 0.5) is 5.13 Å². The lowest BCUT2D eigenvalue weighted by Gasteiger charge is -2.23. The van der Waals surface area contributed by atoms with E-state index in [9.17, 15) is 9.59 Å². The Balaban J connectivity index is 1.75. The van der Waals surface area contributed by atoms with Gasteiger partial charge in [0.05, 0.1) is 31.2 Å². The van der Waals surface area contributed by atoms with Gasteiger partial charge in [0.15, 0.2) is 16.9 Å². The number of aromatic nitrogens is 2. The van der Waals surface area contributed by atoms with Gasteiger partial charge < -0.3 is 13.9 Å². The van der Waals surface area contributed by atoms with Crippen molar-refractivity contribution < 1.29 is 18.7 Å². The molecule has 1 aliphatic rings. The molecule has 8 nitrogen and oxygen atoms in total. The van der Waals surface area contributed by atoms with Gasteiger partial charge in [-0.1, -0.05) is 42.9 Å². The number of carbonyl (C=O) groups excluding carboxylic acids is 1. The molecule has 9 heteroatoms. The molecular formula is C26H25N3O5S. The first-order valence-corrected chi connectivity index (χ1v) is 12.1. The number of nitrogens with zero attached hydrogens (tertiary/aromatic N) is 3. The van der Waals surface area contributed by atoms with Gasteiger partial charge in [-0.2, -0.15) is 0 Å². The summed E-state index contributed by atoms with van der Waals surface area (Å²) in [5.74, 6) is 1.02. The minimum atomic E-state index is -0.752. The van der Waals surface area contributed by atoms with E-state index in [-0.39, 0.29) is 16.8 Å². The van der Waals surface area contributed by atoms with Crippen LogP contribution in [0.2, 0.25) is 0 Å². The molecule has 35 heavy (non-hydrogen) atoms. The Hall–Kier alpha value is -3.72. The number of rotatable bonds is 6. The highest BCUT2D eigenvalue weighted by molar-refractivity contribution is 7.15. The maximum atomic E-state index is 13.8. The monoisotopic (exact) mass is 491 g/mol. The number of anilines is 1. The zero-order valence-electron chi connectivity index (χ0n) is 20.1. The first-order valence-electron chi connectivity index (χ1n) is 11.3. The summed E-state index contributed by atoms with van der Waals surface area (Å²) in [5.41, 5.74) is 2.01. The van der Waals surface area contributed by atoms with Gasteiger partial charge >= 0.3 is 0 Å². The smallest absolute Gasteiger partial charge is 0.297 e. The van der Waals surface area contributed by atoms with Crippen LogP contribution >= 0.6 is 11.3 Å². The van der Waals surface area contributed by atoms with E-state index < -0.39 is 11.9 Å². The Morgan fingerprint density at radius 1 is 1.06 bits per heavy atom. The van der Waals surface area contributed by atoms with E-state index in [1.165, 1.54) is 16.2 Å². The molecule has 0 radical (unpaired) electrons. The van der Waals surface area contributed by atoms with Crippen LogP contribution in [0.15, 0.2) is 45.6 Å². The third-order valence-electron chi connectivity index (χ3n) is 5.99. The average Bonchev–Trinajstić information content (AvgIpc) is 3.40. The molecule has 0 saturated heterocycles. The van der Waals surface area contributed by atoms with Gasteiger partial charge in [-0.25, -0.2) is 0 Å². The molecule has 0 spiro atoms. The molecule has 1 atom stereocenters. The molecule has 4 aromatic rings. The van der Waals surface area contributed by atoms with Crippen LogP contribution in [0.5, 0.6) is 11.5 Å². The fraction of sp³-hybridized carbons (Fsp3) is 0.308. The number of hydrogen-bond acceptors (Lipinski definition) is 8. The van der Waals surface area contributed by atoms with Gasteiger partial charge in [-0.3, -0.25) is 14.5 Å². The number of fused-ring (bicyclic) bond motifs is 2. The lowest BCUT2D eigenvalue weighted by molar-refractivity contribution is 0.0970. The third kappa shape index (κ3) is 3.85. The second-order valence-electron chi connectivity index (χ2n) is 8.94. The Kier molecular flexibility index (Phi) is 5.80. The summed E-state index contributed by atoms with van der Waals surface area (Å²) in [6.07, 6.45) is 0.744. The van der Waals surface area contributed by atoms with Crippen LogP contribution < -0.4 is 19.8 Å². The summed E-state index contributed by atoms with van der Waals surface area (Å²) in [5, 5.41) is 10.3. The van der Waals surface area contributed by atoms with Gasteiger partial charge in [-0.15, -0.1) is 10.2 Å². The molecule has 2 aromatic heterocycles.